The summed E-state index contributed by atoms with van der Waals surface area (Å²) in [6, 6.07) is 7.42. The monoisotopic (exact) mass is 320 g/mol. The molecule has 0 saturated carbocycles. The van der Waals surface area contributed by atoms with Crippen molar-refractivity contribution in [3.8, 4) is 5.75 Å². The van der Waals surface area contributed by atoms with Crippen LogP contribution >= 0.6 is 0 Å². The van der Waals surface area contributed by atoms with Crippen LogP contribution in [-0.2, 0) is 14.3 Å². The van der Waals surface area contributed by atoms with Crippen LogP contribution < -0.4 is 15.0 Å². The fraction of sp³-hybridized carbons (Fsp3) is 0.529. The van der Waals surface area contributed by atoms with E-state index in [1.807, 2.05) is 31.2 Å². The summed E-state index contributed by atoms with van der Waals surface area (Å²) in [6.07, 6.45) is 0.996. The number of hydrogen-bond donors (Lipinski definition) is 1. The van der Waals surface area contributed by atoms with E-state index in [4.69, 9.17) is 9.47 Å². The first-order chi connectivity index (χ1) is 11.2. The lowest BCUT2D eigenvalue weighted by Gasteiger charge is -2.20. The van der Waals surface area contributed by atoms with E-state index in [0.29, 0.717) is 32.1 Å². The van der Waals surface area contributed by atoms with E-state index < -0.39 is 0 Å². The second-order valence-electron chi connectivity index (χ2n) is 5.44. The molecule has 0 radical (unpaired) electrons. The number of ether oxygens (including phenoxy) is 2. The van der Waals surface area contributed by atoms with Gasteiger partial charge in [0.2, 0.25) is 11.8 Å². The van der Waals surface area contributed by atoms with Gasteiger partial charge in [-0.15, -0.1) is 0 Å². The van der Waals surface area contributed by atoms with Crippen molar-refractivity contribution in [1.29, 1.82) is 0 Å². The van der Waals surface area contributed by atoms with Gasteiger partial charge in [-0.3, -0.25) is 9.59 Å². The van der Waals surface area contributed by atoms with Gasteiger partial charge in [-0.05, 0) is 25.5 Å². The molecule has 1 atom stereocenters. The Labute approximate surface area is 136 Å². The number of carbonyl (C=O) groups excluding carboxylic acids is 2. The Balaban J connectivity index is 1.98. The second kappa shape index (κ2) is 8.53. The van der Waals surface area contributed by atoms with Gasteiger partial charge in [-0.2, -0.15) is 0 Å². The van der Waals surface area contributed by atoms with Gasteiger partial charge in [0.05, 0.1) is 18.2 Å². The molecule has 1 heterocycles. The summed E-state index contributed by atoms with van der Waals surface area (Å²) in [6.45, 7) is 3.99. The number of nitrogens with zero attached hydrogens (tertiary/aromatic N) is 1. The lowest BCUT2D eigenvalue weighted by atomic mass is 10.1. The van der Waals surface area contributed by atoms with E-state index >= 15 is 0 Å². The highest BCUT2D eigenvalue weighted by Gasteiger charge is 2.36. The van der Waals surface area contributed by atoms with Gasteiger partial charge < -0.3 is 19.7 Å². The van der Waals surface area contributed by atoms with Crippen LogP contribution in [0.25, 0.3) is 0 Å². The van der Waals surface area contributed by atoms with Crippen LogP contribution in [0.3, 0.4) is 0 Å². The third-order valence-electron chi connectivity index (χ3n) is 3.78. The van der Waals surface area contributed by atoms with E-state index in [0.717, 1.165) is 12.1 Å². The Morgan fingerprint density at radius 1 is 1.39 bits per heavy atom. The van der Waals surface area contributed by atoms with Crippen LogP contribution in [0.4, 0.5) is 5.69 Å². The van der Waals surface area contributed by atoms with Gasteiger partial charge in [-0.1, -0.05) is 12.1 Å². The molecule has 1 fully saturated rings. The third-order valence-corrected chi connectivity index (χ3v) is 3.78. The lowest BCUT2D eigenvalue weighted by Crippen LogP contribution is -2.33. The van der Waals surface area contributed by atoms with E-state index in [9.17, 15) is 9.59 Å². The van der Waals surface area contributed by atoms with Crippen molar-refractivity contribution >= 4 is 17.5 Å². The summed E-state index contributed by atoms with van der Waals surface area (Å²) in [4.78, 5) is 26.1. The SMILES string of the molecule is CCOc1ccccc1N1CC(C(=O)NCCCOC)CC1=O. The quantitative estimate of drug-likeness (QED) is 0.739. The molecule has 1 aliphatic heterocycles. The molecule has 2 amide bonds. The fourth-order valence-electron chi connectivity index (χ4n) is 2.65. The number of nitrogens with one attached hydrogen (secondary N) is 1. The molecule has 2 rings (SSSR count). The minimum absolute atomic E-state index is 0.0470. The van der Waals surface area contributed by atoms with Crippen LogP contribution in [0.15, 0.2) is 24.3 Å². The van der Waals surface area contributed by atoms with Crippen molar-refractivity contribution in [1.82, 2.24) is 5.32 Å². The van der Waals surface area contributed by atoms with Crippen LogP contribution in [-0.4, -0.2) is 45.2 Å². The fourth-order valence-corrected chi connectivity index (χ4v) is 2.65. The molecule has 0 spiro atoms. The van der Waals surface area contributed by atoms with Crippen LogP contribution in [0, 0.1) is 5.92 Å². The zero-order chi connectivity index (χ0) is 16.7. The molecule has 1 N–H and O–H groups in total. The standard InChI is InChI=1S/C17H24N2O4/c1-3-23-15-8-5-4-7-14(15)19-12-13(11-16(19)20)17(21)18-9-6-10-22-2/h4-5,7-8,13H,3,6,9-12H2,1-2H3,(H,18,21). The molecule has 0 aliphatic carbocycles. The van der Waals surface area contributed by atoms with Crippen molar-refractivity contribution in [2.75, 3.05) is 38.3 Å². The molecule has 1 unspecified atom stereocenters. The maximum atomic E-state index is 12.3. The summed E-state index contributed by atoms with van der Waals surface area (Å²) in [5.74, 6) is 0.226. The van der Waals surface area contributed by atoms with E-state index in [-0.39, 0.29) is 24.2 Å². The molecular formula is C17H24N2O4. The largest absolute Gasteiger partial charge is 0.492 e. The normalized spacial score (nSPS) is 17.4. The molecule has 23 heavy (non-hydrogen) atoms. The maximum absolute atomic E-state index is 12.3. The predicted molar refractivity (Wildman–Crippen MR) is 87.6 cm³/mol. The van der Waals surface area contributed by atoms with Gasteiger partial charge in [-0.25, -0.2) is 0 Å². The van der Waals surface area contributed by atoms with Crippen LogP contribution in [0.1, 0.15) is 19.8 Å². The third kappa shape index (κ3) is 4.45. The summed E-state index contributed by atoms with van der Waals surface area (Å²) in [5.41, 5.74) is 0.731. The molecule has 126 valence electrons. The number of hydrogen-bond acceptors (Lipinski definition) is 4. The van der Waals surface area contributed by atoms with Gasteiger partial charge in [0, 0.05) is 33.2 Å². The van der Waals surface area contributed by atoms with Crippen molar-refractivity contribution in [3.63, 3.8) is 0 Å². The number of benzene rings is 1. The van der Waals surface area contributed by atoms with E-state index in [2.05, 4.69) is 5.32 Å². The first-order valence-electron chi connectivity index (χ1n) is 7.96. The zero-order valence-electron chi connectivity index (χ0n) is 13.7. The Kier molecular flexibility index (Phi) is 6.40. The first-order valence-corrected chi connectivity index (χ1v) is 7.96. The van der Waals surface area contributed by atoms with E-state index in [1.165, 1.54) is 0 Å². The van der Waals surface area contributed by atoms with Crippen molar-refractivity contribution in [3.05, 3.63) is 24.3 Å². The zero-order valence-corrected chi connectivity index (χ0v) is 13.7. The number of rotatable bonds is 8. The number of amides is 2. The summed E-state index contributed by atoms with van der Waals surface area (Å²) in [5, 5.41) is 2.86. The molecule has 1 saturated heterocycles. The second-order valence-corrected chi connectivity index (χ2v) is 5.44. The Morgan fingerprint density at radius 3 is 2.91 bits per heavy atom. The Hall–Kier alpha value is -2.08. The molecule has 1 aromatic rings. The number of anilines is 1. The summed E-state index contributed by atoms with van der Waals surface area (Å²) in [7, 11) is 1.63. The lowest BCUT2D eigenvalue weighted by molar-refractivity contribution is -0.126. The smallest absolute Gasteiger partial charge is 0.227 e. The van der Waals surface area contributed by atoms with Crippen molar-refractivity contribution < 1.29 is 19.1 Å². The maximum Gasteiger partial charge on any atom is 0.227 e. The number of methoxy groups -OCH3 is 1. The highest BCUT2D eigenvalue weighted by Crippen LogP contribution is 2.33. The summed E-state index contributed by atoms with van der Waals surface area (Å²) < 4.78 is 10.5. The number of para-hydroxylation sites is 2. The summed E-state index contributed by atoms with van der Waals surface area (Å²) >= 11 is 0. The first kappa shape index (κ1) is 17.3. The van der Waals surface area contributed by atoms with Crippen molar-refractivity contribution in [2.45, 2.75) is 19.8 Å². The molecule has 6 nitrogen and oxygen atoms in total. The number of carbonyl (C=O) groups is 2. The molecule has 1 aliphatic rings. The van der Waals surface area contributed by atoms with E-state index in [1.54, 1.807) is 12.0 Å². The molecule has 6 heteroatoms. The molecule has 0 aromatic heterocycles. The minimum atomic E-state index is -0.320. The van der Waals surface area contributed by atoms with Crippen molar-refractivity contribution in [2.24, 2.45) is 5.92 Å². The predicted octanol–water partition coefficient (Wildman–Crippen LogP) is 1.59. The highest BCUT2D eigenvalue weighted by atomic mass is 16.5. The highest BCUT2D eigenvalue weighted by molar-refractivity contribution is 6.01. The Morgan fingerprint density at radius 2 is 2.17 bits per heavy atom. The minimum Gasteiger partial charge on any atom is -0.492 e. The molecule has 0 bridgehead atoms. The molecular weight excluding hydrogens is 296 g/mol. The average Bonchev–Trinajstić information content (AvgIpc) is 2.94. The average molecular weight is 320 g/mol. The molecule has 1 aromatic carbocycles. The van der Waals surface area contributed by atoms with Gasteiger partial charge >= 0.3 is 0 Å². The van der Waals surface area contributed by atoms with Crippen LogP contribution in [0.5, 0.6) is 5.75 Å². The van der Waals surface area contributed by atoms with Gasteiger partial charge in [0.15, 0.2) is 0 Å². The van der Waals surface area contributed by atoms with Crippen LogP contribution in [0.2, 0.25) is 0 Å². The Bertz CT molecular complexity index is 547. The van der Waals surface area contributed by atoms with Gasteiger partial charge in [0.25, 0.3) is 0 Å². The topological polar surface area (TPSA) is 67.9 Å². The van der Waals surface area contributed by atoms with Gasteiger partial charge in [0.1, 0.15) is 5.75 Å².